The van der Waals surface area contributed by atoms with Gasteiger partial charge in [-0.25, -0.2) is 12.7 Å². The number of carbonyl (C=O) groups excluding carboxylic acids is 1. The third-order valence-electron chi connectivity index (χ3n) is 5.85. The van der Waals surface area contributed by atoms with Gasteiger partial charge in [0, 0.05) is 19.1 Å². The van der Waals surface area contributed by atoms with Crippen LogP contribution < -0.4 is 5.32 Å². The minimum atomic E-state index is -3.78. The van der Waals surface area contributed by atoms with Crippen molar-refractivity contribution < 1.29 is 25.8 Å². The fraction of sp³-hybridized carbons (Fsp3) is 0.632. The van der Waals surface area contributed by atoms with Crippen LogP contribution in [-0.4, -0.2) is 59.0 Å². The Kier molecular flexibility index (Phi) is 6.38. The summed E-state index contributed by atoms with van der Waals surface area (Å²) >= 11 is 0. The van der Waals surface area contributed by atoms with Crippen LogP contribution in [0.5, 0.6) is 0 Å². The molecule has 2 saturated heterocycles. The Morgan fingerprint density at radius 1 is 1.14 bits per heavy atom. The molecule has 0 aromatic heterocycles. The summed E-state index contributed by atoms with van der Waals surface area (Å²) in [5.41, 5.74) is 0.456. The number of amides is 1. The number of rotatable bonds is 7. The Morgan fingerprint density at radius 3 is 2.34 bits per heavy atom. The largest absolute Gasteiger partial charge is 0.353 e. The van der Waals surface area contributed by atoms with Crippen molar-refractivity contribution in [1.82, 2.24) is 9.62 Å². The van der Waals surface area contributed by atoms with Crippen molar-refractivity contribution in [3.8, 4) is 0 Å². The number of carbonyl (C=O) groups is 1. The van der Waals surface area contributed by atoms with Crippen molar-refractivity contribution in [1.29, 1.82) is 0 Å². The molecule has 29 heavy (non-hydrogen) atoms. The first kappa shape index (κ1) is 22.2. The molecule has 1 aromatic carbocycles. The van der Waals surface area contributed by atoms with Crippen molar-refractivity contribution >= 4 is 26.0 Å². The molecule has 2 aliphatic heterocycles. The van der Waals surface area contributed by atoms with Crippen LogP contribution in [0, 0.1) is 12.3 Å². The molecule has 162 valence electrons. The van der Waals surface area contributed by atoms with E-state index in [-0.39, 0.29) is 23.5 Å². The van der Waals surface area contributed by atoms with Gasteiger partial charge in [0.15, 0.2) is 0 Å². The molecule has 2 heterocycles. The SMILES string of the molecule is Cc1ccc(S(=O)(=O)OCCCC2CC3(CCN(S(C)(=O)=O)CC3)C(=O)N2)cc1. The van der Waals surface area contributed by atoms with E-state index < -0.39 is 25.6 Å². The Bertz CT molecular complexity index is 949. The molecule has 1 unspecified atom stereocenters. The first-order valence-corrected chi connectivity index (χ1v) is 13.0. The fourth-order valence-electron chi connectivity index (χ4n) is 4.08. The number of benzene rings is 1. The molecular weight excluding hydrogens is 416 g/mol. The lowest BCUT2D eigenvalue weighted by Crippen LogP contribution is -2.45. The van der Waals surface area contributed by atoms with E-state index in [1.807, 2.05) is 6.92 Å². The quantitative estimate of drug-likeness (QED) is 0.503. The van der Waals surface area contributed by atoms with Gasteiger partial charge in [-0.15, -0.1) is 0 Å². The van der Waals surface area contributed by atoms with E-state index in [0.29, 0.717) is 45.2 Å². The average molecular weight is 445 g/mol. The van der Waals surface area contributed by atoms with Crippen molar-refractivity contribution in [2.45, 2.75) is 50.0 Å². The van der Waals surface area contributed by atoms with Crippen molar-refractivity contribution in [3.63, 3.8) is 0 Å². The maximum atomic E-state index is 12.5. The number of piperidine rings is 1. The molecule has 1 spiro atoms. The third kappa shape index (κ3) is 5.17. The van der Waals surface area contributed by atoms with E-state index in [1.54, 1.807) is 12.1 Å². The summed E-state index contributed by atoms with van der Waals surface area (Å²) < 4.78 is 54.3. The number of aryl methyl sites for hydroxylation is 1. The smallest absolute Gasteiger partial charge is 0.296 e. The molecule has 10 heteroatoms. The second-order valence-corrected chi connectivity index (χ2v) is 11.6. The summed E-state index contributed by atoms with van der Waals surface area (Å²) in [6, 6.07) is 6.44. The second-order valence-electron chi connectivity index (χ2n) is 8.05. The summed E-state index contributed by atoms with van der Waals surface area (Å²) in [6.07, 6.45) is 3.98. The van der Waals surface area contributed by atoms with Gasteiger partial charge in [0.25, 0.3) is 10.1 Å². The zero-order valence-electron chi connectivity index (χ0n) is 16.8. The molecular formula is C19H28N2O6S2. The predicted octanol–water partition coefficient (Wildman–Crippen LogP) is 1.41. The van der Waals surface area contributed by atoms with Crippen LogP contribution in [0.2, 0.25) is 0 Å². The molecule has 8 nitrogen and oxygen atoms in total. The number of hydrogen-bond donors (Lipinski definition) is 1. The van der Waals surface area contributed by atoms with Gasteiger partial charge in [-0.05, 0) is 51.2 Å². The Hall–Kier alpha value is -1.49. The van der Waals surface area contributed by atoms with Crippen LogP contribution in [0.25, 0.3) is 0 Å². The Morgan fingerprint density at radius 2 is 1.76 bits per heavy atom. The van der Waals surface area contributed by atoms with Gasteiger partial charge in [0.2, 0.25) is 15.9 Å². The third-order valence-corrected chi connectivity index (χ3v) is 8.48. The number of nitrogens with one attached hydrogen (secondary N) is 1. The highest BCUT2D eigenvalue weighted by Crippen LogP contribution is 2.41. The first-order chi connectivity index (χ1) is 13.5. The van der Waals surface area contributed by atoms with Crippen molar-refractivity contribution in [3.05, 3.63) is 29.8 Å². The van der Waals surface area contributed by atoms with Crippen molar-refractivity contribution in [2.24, 2.45) is 5.41 Å². The van der Waals surface area contributed by atoms with Crippen LogP contribution in [0.4, 0.5) is 0 Å². The predicted molar refractivity (Wildman–Crippen MR) is 108 cm³/mol. The monoisotopic (exact) mass is 444 g/mol. The molecule has 1 atom stereocenters. The van der Waals surface area contributed by atoms with Gasteiger partial charge < -0.3 is 5.32 Å². The highest BCUT2D eigenvalue weighted by Gasteiger charge is 2.48. The van der Waals surface area contributed by atoms with Gasteiger partial charge in [-0.2, -0.15) is 8.42 Å². The van der Waals surface area contributed by atoms with E-state index in [9.17, 15) is 21.6 Å². The van der Waals surface area contributed by atoms with Gasteiger partial charge in [0.1, 0.15) is 0 Å². The standard InChI is InChI=1S/C19H28N2O6S2/c1-15-5-7-17(8-6-15)29(25,26)27-13-3-4-16-14-19(18(22)20-16)9-11-21(12-10-19)28(2,23)24/h5-8,16H,3-4,9-14H2,1-2H3,(H,20,22). The first-order valence-electron chi connectivity index (χ1n) is 9.74. The Labute approximate surface area is 172 Å². The molecule has 0 radical (unpaired) electrons. The highest BCUT2D eigenvalue weighted by molar-refractivity contribution is 7.88. The summed E-state index contributed by atoms with van der Waals surface area (Å²) in [6.45, 7) is 2.65. The van der Waals surface area contributed by atoms with E-state index in [1.165, 1.54) is 22.7 Å². The number of nitrogens with zero attached hydrogens (tertiary/aromatic N) is 1. The summed E-state index contributed by atoms with van der Waals surface area (Å²) in [4.78, 5) is 12.6. The van der Waals surface area contributed by atoms with Crippen LogP contribution >= 0.6 is 0 Å². The zero-order chi connectivity index (χ0) is 21.3. The normalized spacial score (nSPS) is 22.7. The summed E-state index contributed by atoms with van der Waals surface area (Å²) in [5, 5.41) is 2.99. The summed E-state index contributed by atoms with van der Waals surface area (Å²) in [7, 11) is -7.01. The number of sulfonamides is 1. The molecule has 1 aromatic rings. The molecule has 1 N–H and O–H groups in total. The summed E-state index contributed by atoms with van der Waals surface area (Å²) in [5.74, 6) is -0.0242. The molecule has 0 saturated carbocycles. The van der Waals surface area contributed by atoms with Crippen molar-refractivity contribution in [2.75, 3.05) is 26.0 Å². The maximum Gasteiger partial charge on any atom is 0.296 e. The van der Waals surface area contributed by atoms with Crippen LogP contribution in [0.15, 0.2) is 29.2 Å². The molecule has 2 fully saturated rings. The Balaban J connectivity index is 1.47. The fourth-order valence-corrected chi connectivity index (χ4v) is 5.87. The van der Waals surface area contributed by atoms with Gasteiger partial charge in [-0.3, -0.25) is 8.98 Å². The minimum absolute atomic E-state index is 0.0242. The number of hydrogen-bond acceptors (Lipinski definition) is 6. The molecule has 0 bridgehead atoms. The van der Waals surface area contributed by atoms with E-state index in [0.717, 1.165) is 5.56 Å². The lowest BCUT2D eigenvalue weighted by atomic mass is 9.76. The molecule has 3 rings (SSSR count). The van der Waals surface area contributed by atoms with E-state index in [4.69, 9.17) is 4.18 Å². The lowest BCUT2D eigenvalue weighted by Gasteiger charge is -2.36. The van der Waals surface area contributed by atoms with Crippen LogP contribution in [-0.2, 0) is 29.1 Å². The second kappa shape index (κ2) is 8.33. The van der Waals surface area contributed by atoms with E-state index >= 15 is 0 Å². The average Bonchev–Trinajstić information content (AvgIpc) is 2.94. The van der Waals surface area contributed by atoms with Gasteiger partial charge in [0.05, 0.1) is 23.2 Å². The minimum Gasteiger partial charge on any atom is -0.353 e. The van der Waals surface area contributed by atoms with Gasteiger partial charge >= 0.3 is 0 Å². The highest BCUT2D eigenvalue weighted by atomic mass is 32.2. The van der Waals surface area contributed by atoms with Gasteiger partial charge in [-0.1, -0.05) is 17.7 Å². The zero-order valence-corrected chi connectivity index (χ0v) is 18.4. The molecule has 0 aliphatic carbocycles. The van der Waals surface area contributed by atoms with E-state index in [2.05, 4.69) is 5.32 Å². The lowest BCUT2D eigenvalue weighted by molar-refractivity contribution is -0.129. The molecule has 1 amide bonds. The molecule has 2 aliphatic rings. The maximum absolute atomic E-state index is 12.5. The van der Waals surface area contributed by atoms with Crippen LogP contribution in [0.1, 0.15) is 37.7 Å². The van der Waals surface area contributed by atoms with Crippen LogP contribution in [0.3, 0.4) is 0 Å². The topological polar surface area (TPSA) is 110 Å².